The fourth-order valence-corrected chi connectivity index (χ4v) is 4.07. The van der Waals surface area contributed by atoms with Crippen LogP contribution in [-0.4, -0.2) is 52.6 Å². The molecule has 4 rings (SSSR count). The van der Waals surface area contributed by atoms with Crippen molar-refractivity contribution in [2.75, 3.05) is 31.1 Å². The second-order valence-electron chi connectivity index (χ2n) is 8.42. The van der Waals surface area contributed by atoms with E-state index in [2.05, 4.69) is 22.4 Å². The number of anilines is 1. The minimum atomic E-state index is -0.673. The van der Waals surface area contributed by atoms with Gasteiger partial charge in [-0.3, -0.25) is 19.8 Å². The smallest absolute Gasteiger partial charge is 0.244 e. The Labute approximate surface area is 207 Å². The van der Waals surface area contributed by atoms with E-state index in [1.165, 1.54) is 30.6 Å². The van der Waals surface area contributed by atoms with Gasteiger partial charge in [0, 0.05) is 55.8 Å². The number of nitrogens with zero attached hydrogens (tertiary/aromatic N) is 4. The van der Waals surface area contributed by atoms with Gasteiger partial charge in [-0.15, -0.1) is 0 Å². The third-order valence-corrected chi connectivity index (χ3v) is 6.04. The number of amides is 1. The molecule has 1 atom stereocenters. The number of aromatic nitrogens is 2. The number of hydrogen-bond acceptors (Lipinski definition) is 5. The molecule has 1 fully saturated rings. The first-order valence-corrected chi connectivity index (χ1v) is 11.4. The molecular formula is C26H25F3N6O. The van der Waals surface area contributed by atoms with E-state index in [-0.39, 0.29) is 11.4 Å². The zero-order valence-electron chi connectivity index (χ0n) is 19.9. The number of nitrogens with one attached hydrogen (secondary N) is 2. The zero-order chi connectivity index (χ0) is 25.8. The van der Waals surface area contributed by atoms with Gasteiger partial charge in [0.25, 0.3) is 0 Å². The van der Waals surface area contributed by atoms with E-state index in [1.807, 2.05) is 0 Å². The van der Waals surface area contributed by atoms with E-state index in [0.29, 0.717) is 48.8 Å². The van der Waals surface area contributed by atoms with Gasteiger partial charge in [-0.2, -0.15) is 4.39 Å². The summed E-state index contributed by atoms with van der Waals surface area (Å²) in [6.07, 6.45) is 4.48. The molecule has 36 heavy (non-hydrogen) atoms. The van der Waals surface area contributed by atoms with E-state index >= 15 is 0 Å². The second kappa shape index (κ2) is 10.6. The molecule has 1 aliphatic rings. The molecule has 10 heteroatoms. The molecule has 2 heterocycles. The molecule has 2 N–H and O–H groups in total. The van der Waals surface area contributed by atoms with Crippen LogP contribution >= 0.6 is 0 Å². The number of carbonyl (C=O) groups is 1. The Morgan fingerprint density at radius 1 is 1.11 bits per heavy atom. The van der Waals surface area contributed by atoms with Gasteiger partial charge >= 0.3 is 0 Å². The van der Waals surface area contributed by atoms with Crippen molar-refractivity contribution in [1.29, 1.82) is 5.41 Å². The standard InChI is InChI=1S/C26H25F3N6O/c1-17(19-3-5-20(27)6-4-19)25(35-10-9-31-16-24(35)30)32-18(2)26(36)34-13-11-33(12-14-34)23-8-7-21(28)15-22(23)29/h3,5,7-10,15-16,18,30,32H,11-14H2,1-2H3/b25-17+,30-24?. The van der Waals surface area contributed by atoms with Crippen LogP contribution in [0.4, 0.5) is 18.9 Å². The number of rotatable bonds is 6. The van der Waals surface area contributed by atoms with Crippen LogP contribution in [0.15, 0.2) is 48.9 Å². The van der Waals surface area contributed by atoms with Crippen molar-refractivity contribution < 1.29 is 18.0 Å². The summed E-state index contributed by atoms with van der Waals surface area (Å²) in [4.78, 5) is 20.7. The molecule has 2 aromatic carbocycles. The maximum Gasteiger partial charge on any atom is 0.244 e. The first-order valence-electron chi connectivity index (χ1n) is 11.4. The molecule has 7 nitrogen and oxygen atoms in total. The Balaban J connectivity index is 1.52. The summed E-state index contributed by atoms with van der Waals surface area (Å²) in [6.45, 7) is 5.03. The number of halogens is 3. The van der Waals surface area contributed by atoms with Crippen LogP contribution < -0.4 is 15.7 Å². The molecule has 0 bridgehead atoms. The topological polar surface area (TPSA) is 77.2 Å². The number of carbonyl (C=O) groups excluding carboxylic acids is 1. The predicted octanol–water partition coefficient (Wildman–Crippen LogP) is 3.05. The molecule has 1 aliphatic heterocycles. The Morgan fingerprint density at radius 3 is 2.50 bits per heavy atom. The molecule has 1 unspecified atom stereocenters. The molecule has 1 saturated heterocycles. The zero-order valence-corrected chi connectivity index (χ0v) is 19.9. The quantitative estimate of drug-likeness (QED) is 0.552. The van der Waals surface area contributed by atoms with E-state index in [9.17, 15) is 18.0 Å². The van der Waals surface area contributed by atoms with Gasteiger partial charge < -0.3 is 15.1 Å². The normalized spacial score (nSPS) is 15.1. The van der Waals surface area contributed by atoms with Crippen molar-refractivity contribution in [3.8, 4) is 0 Å². The Morgan fingerprint density at radius 2 is 1.86 bits per heavy atom. The lowest BCUT2D eigenvalue weighted by atomic mass is 10.1. The van der Waals surface area contributed by atoms with Crippen LogP contribution in [0.2, 0.25) is 0 Å². The maximum atomic E-state index is 14.2. The lowest BCUT2D eigenvalue weighted by Gasteiger charge is -2.37. The van der Waals surface area contributed by atoms with Gasteiger partial charge in [-0.1, -0.05) is 6.07 Å². The van der Waals surface area contributed by atoms with E-state index < -0.39 is 23.5 Å². The lowest BCUT2D eigenvalue weighted by molar-refractivity contribution is -0.133. The molecule has 3 aromatic rings. The summed E-state index contributed by atoms with van der Waals surface area (Å²) in [6, 6.07) is 10.8. The van der Waals surface area contributed by atoms with Gasteiger partial charge in [0.05, 0.1) is 11.9 Å². The molecule has 0 aliphatic carbocycles. The van der Waals surface area contributed by atoms with Crippen LogP contribution in [0.5, 0.6) is 0 Å². The summed E-state index contributed by atoms with van der Waals surface area (Å²) in [5.41, 5.74) is 1.57. The molecule has 0 radical (unpaired) electrons. The Hall–Kier alpha value is -4.26. The molecule has 1 amide bonds. The van der Waals surface area contributed by atoms with Crippen molar-refractivity contribution >= 4 is 23.0 Å². The van der Waals surface area contributed by atoms with Gasteiger partial charge in [0.2, 0.25) is 5.91 Å². The van der Waals surface area contributed by atoms with Crippen LogP contribution in [0, 0.1) is 35.0 Å². The van der Waals surface area contributed by atoms with Crippen molar-refractivity contribution in [1.82, 2.24) is 19.8 Å². The summed E-state index contributed by atoms with van der Waals surface area (Å²) in [5, 5.41) is 11.5. The number of piperazine rings is 1. The van der Waals surface area contributed by atoms with Crippen molar-refractivity contribution in [3.63, 3.8) is 0 Å². The highest BCUT2D eigenvalue weighted by atomic mass is 19.1. The fraction of sp³-hybridized carbons (Fsp3) is 0.269. The predicted molar refractivity (Wildman–Crippen MR) is 129 cm³/mol. The first-order chi connectivity index (χ1) is 17.2. The summed E-state index contributed by atoms with van der Waals surface area (Å²) < 4.78 is 42.3. The highest BCUT2D eigenvalue weighted by molar-refractivity contribution is 5.86. The highest BCUT2D eigenvalue weighted by Crippen LogP contribution is 2.22. The fourth-order valence-electron chi connectivity index (χ4n) is 4.07. The average molecular weight is 495 g/mol. The lowest BCUT2D eigenvalue weighted by Crippen LogP contribution is -2.53. The van der Waals surface area contributed by atoms with Crippen LogP contribution in [0.25, 0.3) is 11.4 Å². The minimum absolute atomic E-state index is 0.0834. The summed E-state index contributed by atoms with van der Waals surface area (Å²) in [5.74, 6) is -1.53. The van der Waals surface area contributed by atoms with Crippen LogP contribution in [0.3, 0.4) is 0 Å². The molecule has 0 spiro atoms. The van der Waals surface area contributed by atoms with E-state index in [4.69, 9.17) is 5.41 Å². The Bertz CT molecular complexity index is 1330. The van der Waals surface area contributed by atoms with Crippen molar-refractivity contribution in [3.05, 3.63) is 89.6 Å². The SMILES string of the molecule is C/C(=C(/NC(C)C(=O)N1CCN(c2ccc(F)cc2F)CC1)n1ccncc1=N)c1c#cc(F)cc1. The maximum absolute atomic E-state index is 14.2. The third kappa shape index (κ3) is 5.35. The molecule has 0 saturated carbocycles. The molecule has 1 aromatic heterocycles. The number of benzene rings is 1. The minimum Gasteiger partial charge on any atom is -0.366 e. The summed E-state index contributed by atoms with van der Waals surface area (Å²) >= 11 is 0. The van der Waals surface area contributed by atoms with Gasteiger partial charge in [0.1, 0.15) is 29.0 Å². The average Bonchev–Trinajstić information content (AvgIpc) is 2.87. The largest absolute Gasteiger partial charge is 0.366 e. The second-order valence-corrected chi connectivity index (χ2v) is 8.42. The van der Waals surface area contributed by atoms with Gasteiger partial charge in [0.15, 0.2) is 5.82 Å². The third-order valence-electron chi connectivity index (χ3n) is 6.04. The number of hydrogen-bond donors (Lipinski definition) is 2. The Kier molecular flexibility index (Phi) is 7.29. The summed E-state index contributed by atoms with van der Waals surface area (Å²) in [7, 11) is 0. The van der Waals surface area contributed by atoms with Gasteiger partial charge in [-0.05, 0) is 44.2 Å². The van der Waals surface area contributed by atoms with Crippen molar-refractivity contribution in [2.45, 2.75) is 19.9 Å². The van der Waals surface area contributed by atoms with Crippen LogP contribution in [-0.2, 0) is 4.79 Å². The molecule has 186 valence electrons. The van der Waals surface area contributed by atoms with Crippen molar-refractivity contribution in [2.24, 2.45) is 0 Å². The van der Waals surface area contributed by atoms with E-state index in [1.54, 1.807) is 40.5 Å². The highest BCUT2D eigenvalue weighted by Gasteiger charge is 2.27. The first kappa shape index (κ1) is 24.9. The number of allylic oxidation sites excluding steroid dienone is 1. The van der Waals surface area contributed by atoms with Crippen LogP contribution in [0.1, 0.15) is 19.4 Å². The van der Waals surface area contributed by atoms with E-state index in [0.717, 1.165) is 6.07 Å². The monoisotopic (exact) mass is 494 g/mol. The molecular weight excluding hydrogens is 469 g/mol. The van der Waals surface area contributed by atoms with Gasteiger partial charge in [-0.25, -0.2) is 8.78 Å².